The lowest BCUT2D eigenvalue weighted by atomic mass is 10.2. The standard InChI is InChI=1S/C22H20N4O4S/c1-13-4-6-14(7-5-13)21-25-26-19(27)11-16(24-22(26)31-21)12-23-20(28)15-8-9-17(29-2)18(10-15)30-3/h4-11H,12H2,1-3H3,(H,23,28). The van der Waals surface area contributed by atoms with E-state index in [1.54, 1.807) is 18.2 Å². The van der Waals surface area contributed by atoms with Crippen molar-refractivity contribution < 1.29 is 14.3 Å². The molecule has 1 N–H and O–H groups in total. The van der Waals surface area contributed by atoms with E-state index in [-0.39, 0.29) is 18.0 Å². The van der Waals surface area contributed by atoms with Crippen molar-refractivity contribution in [3.05, 3.63) is 75.7 Å². The summed E-state index contributed by atoms with van der Waals surface area (Å²) in [6, 6.07) is 14.2. The molecule has 0 saturated carbocycles. The van der Waals surface area contributed by atoms with Crippen LogP contribution in [0.2, 0.25) is 0 Å². The van der Waals surface area contributed by atoms with Crippen LogP contribution in [0.25, 0.3) is 15.5 Å². The van der Waals surface area contributed by atoms with E-state index in [4.69, 9.17) is 9.47 Å². The Morgan fingerprint density at radius 2 is 1.81 bits per heavy atom. The Morgan fingerprint density at radius 3 is 2.52 bits per heavy atom. The number of nitrogens with zero attached hydrogens (tertiary/aromatic N) is 3. The smallest absolute Gasteiger partial charge is 0.275 e. The highest BCUT2D eigenvalue weighted by molar-refractivity contribution is 7.19. The van der Waals surface area contributed by atoms with Crippen LogP contribution in [0.15, 0.2) is 53.3 Å². The summed E-state index contributed by atoms with van der Waals surface area (Å²) in [5, 5.41) is 7.86. The number of benzene rings is 2. The lowest BCUT2D eigenvalue weighted by molar-refractivity contribution is 0.0950. The van der Waals surface area contributed by atoms with Gasteiger partial charge in [-0.05, 0) is 25.1 Å². The molecular weight excluding hydrogens is 416 g/mol. The lowest BCUT2D eigenvalue weighted by Crippen LogP contribution is -2.25. The number of methoxy groups -OCH3 is 2. The van der Waals surface area contributed by atoms with E-state index in [9.17, 15) is 9.59 Å². The first-order valence-corrected chi connectivity index (χ1v) is 10.3. The summed E-state index contributed by atoms with van der Waals surface area (Å²) in [6.07, 6.45) is 0. The molecule has 8 nitrogen and oxygen atoms in total. The molecule has 2 aromatic heterocycles. The first-order chi connectivity index (χ1) is 15.0. The van der Waals surface area contributed by atoms with Crippen LogP contribution in [0.1, 0.15) is 21.6 Å². The van der Waals surface area contributed by atoms with Gasteiger partial charge in [-0.2, -0.15) is 9.61 Å². The highest BCUT2D eigenvalue weighted by Crippen LogP contribution is 2.27. The third kappa shape index (κ3) is 4.26. The van der Waals surface area contributed by atoms with Gasteiger partial charge < -0.3 is 14.8 Å². The molecule has 4 rings (SSSR count). The SMILES string of the molecule is COc1ccc(C(=O)NCc2cc(=O)n3nc(-c4ccc(C)cc4)sc3n2)cc1OC. The molecule has 4 aromatic rings. The second-order valence-corrected chi connectivity index (χ2v) is 7.76. The maximum absolute atomic E-state index is 12.5. The Balaban J connectivity index is 1.54. The number of fused-ring (bicyclic) bond motifs is 1. The molecule has 0 atom stereocenters. The molecule has 0 unspecified atom stereocenters. The molecule has 2 heterocycles. The number of ether oxygens (including phenoxy) is 2. The number of aryl methyl sites for hydroxylation is 1. The fourth-order valence-electron chi connectivity index (χ4n) is 3.01. The summed E-state index contributed by atoms with van der Waals surface area (Å²) < 4.78 is 11.7. The van der Waals surface area contributed by atoms with E-state index in [2.05, 4.69) is 15.4 Å². The summed E-state index contributed by atoms with van der Waals surface area (Å²) in [6.45, 7) is 2.12. The van der Waals surface area contributed by atoms with Gasteiger partial charge in [0, 0.05) is 17.2 Å². The number of nitrogens with one attached hydrogen (secondary N) is 1. The molecular formula is C22H20N4O4S. The molecule has 0 saturated heterocycles. The van der Waals surface area contributed by atoms with Gasteiger partial charge in [0.1, 0.15) is 5.01 Å². The van der Waals surface area contributed by atoms with Gasteiger partial charge in [0.2, 0.25) is 4.96 Å². The summed E-state index contributed by atoms with van der Waals surface area (Å²) in [5.74, 6) is 0.683. The zero-order chi connectivity index (χ0) is 22.0. The van der Waals surface area contributed by atoms with Crippen molar-refractivity contribution in [1.82, 2.24) is 19.9 Å². The van der Waals surface area contributed by atoms with Crippen LogP contribution in [0.4, 0.5) is 0 Å². The molecule has 2 aromatic carbocycles. The van der Waals surface area contributed by atoms with Gasteiger partial charge >= 0.3 is 0 Å². The normalized spacial score (nSPS) is 10.8. The number of carbonyl (C=O) groups excluding carboxylic acids is 1. The highest BCUT2D eigenvalue weighted by Gasteiger charge is 2.13. The molecule has 0 aliphatic heterocycles. The predicted octanol–water partition coefficient (Wildman–Crippen LogP) is 3.07. The van der Waals surface area contributed by atoms with Crippen LogP contribution < -0.4 is 20.3 Å². The van der Waals surface area contributed by atoms with Crippen molar-refractivity contribution in [2.24, 2.45) is 0 Å². The number of hydrogen-bond acceptors (Lipinski definition) is 7. The minimum Gasteiger partial charge on any atom is -0.493 e. The first-order valence-electron chi connectivity index (χ1n) is 9.45. The van der Waals surface area contributed by atoms with Gasteiger partial charge in [-0.1, -0.05) is 41.2 Å². The number of carbonyl (C=O) groups is 1. The Labute approximate surface area is 182 Å². The maximum Gasteiger partial charge on any atom is 0.275 e. The van der Waals surface area contributed by atoms with Crippen LogP contribution in [0.3, 0.4) is 0 Å². The Morgan fingerprint density at radius 1 is 1.06 bits per heavy atom. The monoisotopic (exact) mass is 436 g/mol. The molecule has 158 valence electrons. The number of amides is 1. The zero-order valence-electron chi connectivity index (χ0n) is 17.2. The van der Waals surface area contributed by atoms with Gasteiger partial charge in [0.15, 0.2) is 11.5 Å². The largest absolute Gasteiger partial charge is 0.493 e. The second-order valence-electron chi connectivity index (χ2n) is 6.81. The van der Waals surface area contributed by atoms with Gasteiger partial charge in [-0.15, -0.1) is 0 Å². The van der Waals surface area contributed by atoms with E-state index >= 15 is 0 Å². The van der Waals surface area contributed by atoms with Gasteiger partial charge in [0.25, 0.3) is 11.5 Å². The first kappa shape index (κ1) is 20.5. The van der Waals surface area contributed by atoms with Crippen molar-refractivity contribution in [3.8, 4) is 22.1 Å². The number of aromatic nitrogens is 3. The molecule has 0 fully saturated rings. The number of hydrogen-bond donors (Lipinski definition) is 1. The van der Waals surface area contributed by atoms with Crippen molar-refractivity contribution in [2.75, 3.05) is 14.2 Å². The van der Waals surface area contributed by atoms with Crippen molar-refractivity contribution in [1.29, 1.82) is 0 Å². The molecule has 9 heteroatoms. The van der Waals surface area contributed by atoms with Gasteiger partial charge in [0.05, 0.1) is 26.5 Å². The van der Waals surface area contributed by atoms with E-state index in [1.807, 2.05) is 31.2 Å². The zero-order valence-corrected chi connectivity index (χ0v) is 18.0. The predicted molar refractivity (Wildman–Crippen MR) is 118 cm³/mol. The van der Waals surface area contributed by atoms with Crippen LogP contribution in [-0.4, -0.2) is 34.7 Å². The summed E-state index contributed by atoms with van der Waals surface area (Å²) in [5.41, 5.74) is 2.64. The summed E-state index contributed by atoms with van der Waals surface area (Å²) in [7, 11) is 3.04. The number of rotatable bonds is 6. The van der Waals surface area contributed by atoms with Gasteiger partial charge in [-0.3, -0.25) is 9.59 Å². The molecule has 0 aliphatic rings. The molecule has 0 aliphatic carbocycles. The molecule has 0 bridgehead atoms. The van der Waals surface area contributed by atoms with Crippen LogP contribution in [-0.2, 0) is 6.54 Å². The molecule has 1 amide bonds. The van der Waals surface area contributed by atoms with Crippen LogP contribution >= 0.6 is 11.3 Å². The molecule has 0 spiro atoms. The van der Waals surface area contributed by atoms with Crippen molar-refractivity contribution in [3.63, 3.8) is 0 Å². The third-order valence-electron chi connectivity index (χ3n) is 4.67. The minimum atomic E-state index is -0.312. The lowest BCUT2D eigenvalue weighted by Gasteiger charge is -2.10. The minimum absolute atomic E-state index is 0.108. The Hall–Kier alpha value is -3.72. The van der Waals surface area contributed by atoms with E-state index in [0.29, 0.717) is 32.7 Å². The summed E-state index contributed by atoms with van der Waals surface area (Å²) in [4.78, 5) is 30.0. The highest BCUT2D eigenvalue weighted by atomic mass is 32.1. The van der Waals surface area contributed by atoms with Crippen molar-refractivity contribution >= 4 is 22.2 Å². The van der Waals surface area contributed by atoms with Crippen LogP contribution in [0.5, 0.6) is 11.5 Å². The molecule has 31 heavy (non-hydrogen) atoms. The van der Waals surface area contributed by atoms with Gasteiger partial charge in [-0.25, -0.2) is 4.98 Å². The fourth-order valence-corrected chi connectivity index (χ4v) is 3.94. The third-order valence-corrected chi connectivity index (χ3v) is 5.63. The van der Waals surface area contributed by atoms with Crippen molar-refractivity contribution in [2.45, 2.75) is 13.5 Å². The Bertz CT molecular complexity index is 1310. The maximum atomic E-state index is 12.5. The summed E-state index contributed by atoms with van der Waals surface area (Å²) >= 11 is 1.32. The Kier molecular flexibility index (Phi) is 5.68. The second kappa shape index (κ2) is 8.57. The average molecular weight is 436 g/mol. The van der Waals surface area contributed by atoms with E-state index in [0.717, 1.165) is 11.1 Å². The molecule has 0 radical (unpaired) electrons. The van der Waals surface area contributed by atoms with E-state index in [1.165, 1.54) is 36.1 Å². The van der Waals surface area contributed by atoms with Crippen LogP contribution in [0, 0.1) is 6.92 Å². The average Bonchev–Trinajstić information content (AvgIpc) is 3.22. The quantitative estimate of drug-likeness (QED) is 0.499. The van der Waals surface area contributed by atoms with E-state index < -0.39 is 0 Å². The fraction of sp³-hybridized carbons (Fsp3) is 0.182. The topological polar surface area (TPSA) is 94.8 Å².